The summed E-state index contributed by atoms with van der Waals surface area (Å²) in [5.74, 6) is -0.115. The molecule has 2 aromatic carbocycles. The topological polar surface area (TPSA) is 68.0 Å². The smallest absolute Gasteiger partial charge is 0.322 e. The number of nitrogens with one attached hydrogen (secondary N) is 1. The molecule has 0 atom stereocenters. The van der Waals surface area contributed by atoms with Crippen LogP contribution in [-0.2, 0) is 4.79 Å². The molecule has 122 valence electrons. The molecule has 1 heterocycles. The molecule has 0 bridgehead atoms. The molecule has 0 saturated heterocycles. The van der Waals surface area contributed by atoms with Gasteiger partial charge in [0.2, 0.25) is 11.8 Å². The van der Waals surface area contributed by atoms with Gasteiger partial charge in [-0.25, -0.2) is 4.39 Å². The SMILES string of the molecule is O=C(CSc1ccc(F)cc1)Nc1nnc(-c2ccc(Br)cc2)o1. The molecule has 24 heavy (non-hydrogen) atoms. The summed E-state index contributed by atoms with van der Waals surface area (Å²) in [5, 5.41) is 10.2. The number of nitrogens with zero attached hydrogens (tertiary/aromatic N) is 2. The van der Waals surface area contributed by atoms with Crippen LogP contribution in [0.2, 0.25) is 0 Å². The van der Waals surface area contributed by atoms with Gasteiger partial charge in [-0.15, -0.1) is 16.9 Å². The summed E-state index contributed by atoms with van der Waals surface area (Å²) < 4.78 is 19.2. The van der Waals surface area contributed by atoms with Gasteiger partial charge in [0.05, 0.1) is 5.75 Å². The van der Waals surface area contributed by atoms with Crippen molar-refractivity contribution in [3.63, 3.8) is 0 Å². The van der Waals surface area contributed by atoms with Crippen LogP contribution in [0.1, 0.15) is 0 Å². The first kappa shape index (κ1) is 16.7. The molecule has 0 fully saturated rings. The molecule has 0 saturated carbocycles. The Morgan fingerprint density at radius 2 is 1.83 bits per heavy atom. The van der Waals surface area contributed by atoms with Crippen molar-refractivity contribution in [3.05, 3.63) is 58.8 Å². The van der Waals surface area contributed by atoms with Crippen molar-refractivity contribution in [2.75, 3.05) is 11.1 Å². The van der Waals surface area contributed by atoms with Gasteiger partial charge in [0.25, 0.3) is 0 Å². The molecule has 8 heteroatoms. The zero-order valence-electron chi connectivity index (χ0n) is 12.2. The molecule has 0 spiro atoms. The minimum absolute atomic E-state index is 0.0395. The fourth-order valence-corrected chi connectivity index (χ4v) is 2.78. The number of thioether (sulfide) groups is 1. The number of benzene rings is 2. The largest absolute Gasteiger partial charge is 0.403 e. The molecule has 1 aromatic heterocycles. The van der Waals surface area contributed by atoms with E-state index in [9.17, 15) is 9.18 Å². The van der Waals surface area contributed by atoms with Gasteiger partial charge in [-0.3, -0.25) is 10.1 Å². The minimum atomic E-state index is -0.310. The molecule has 3 rings (SSSR count). The summed E-state index contributed by atoms with van der Waals surface area (Å²) in [5.41, 5.74) is 0.756. The molecule has 3 aromatic rings. The fraction of sp³-hybridized carbons (Fsp3) is 0.0625. The molecule has 1 amide bonds. The van der Waals surface area contributed by atoms with Crippen molar-refractivity contribution in [2.24, 2.45) is 0 Å². The first-order valence-corrected chi connectivity index (χ1v) is 8.66. The van der Waals surface area contributed by atoms with E-state index in [-0.39, 0.29) is 23.5 Å². The van der Waals surface area contributed by atoms with Crippen molar-refractivity contribution < 1.29 is 13.6 Å². The fourth-order valence-electron chi connectivity index (χ4n) is 1.82. The second-order valence-corrected chi connectivity index (χ2v) is 6.67. The Balaban J connectivity index is 1.57. The molecule has 5 nitrogen and oxygen atoms in total. The predicted octanol–water partition coefficient (Wildman–Crippen LogP) is 4.37. The Labute approximate surface area is 149 Å². The number of carbonyl (C=O) groups is 1. The van der Waals surface area contributed by atoms with Crippen LogP contribution in [0.4, 0.5) is 10.4 Å². The van der Waals surface area contributed by atoms with E-state index in [1.54, 1.807) is 12.1 Å². The second kappa shape index (κ2) is 7.59. The van der Waals surface area contributed by atoms with Crippen LogP contribution in [0.25, 0.3) is 11.5 Å². The van der Waals surface area contributed by atoms with Gasteiger partial charge < -0.3 is 4.42 Å². The lowest BCUT2D eigenvalue weighted by Gasteiger charge is -2.01. The monoisotopic (exact) mass is 407 g/mol. The average molecular weight is 408 g/mol. The van der Waals surface area contributed by atoms with Gasteiger partial charge in [0.1, 0.15) is 5.82 Å². The summed E-state index contributed by atoms with van der Waals surface area (Å²) in [6, 6.07) is 13.3. The average Bonchev–Trinajstić information content (AvgIpc) is 3.03. The van der Waals surface area contributed by atoms with Crippen molar-refractivity contribution in [2.45, 2.75) is 4.90 Å². The highest BCUT2D eigenvalue weighted by atomic mass is 79.9. The van der Waals surface area contributed by atoms with Crippen molar-refractivity contribution >= 4 is 39.6 Å². The summed E-state index contributed by atoms with van der Waals surface area (Å²) in [7, 11) is 0. The Kier molecular flexibility index (Phi) is 5.27. The Morgan fingerprint density at radius 1 is 1.12 bits per heavy atom. The number of hydrogen-bond acceptors (Lipinski definition) is 5. The van der Waals surface area contributed by atoms with Crippen molar-refractivity contribution in [1.29, 1.82) is 0 Å². The lowest BCUT2D eigenvalue weighted by molar-refractivity contribution is -0.113. The first-order chi connectivity index (χ1) is 11.6. The molecular weight excluding hydrogens is 397 g/mol. The van der Waals surface area contributed by atoms with Crippen LogP contribution < -0.4 is 5.32 Å². The second-order valence-electron chi connectivity index (χ2n) is 4.71. The van der Waals surface area contributed by atoms with Crippen LogP contribution in [0.5, 0.6) is 0 Å². The van der Waals surface area contributed by atoms with Crippen LogP contribution in [0, 0.1) is 5.82 Å². The van der Waals surface area contributed by atoms with E-state index < -0.39 is 0 Å². The van der Waals surface area contributed by atoms with E-state index in [0.717, 1.165) is 14.9 Å². The molecule has 1 N–H and O–H groups in total. The number of anilines is 1. The summed E-state index contributed by atoms with van der Waals surface area (Å²) in [6.45, 7) is 0. The van der Waals surface area contributed by atoms with Crippen LogP contribution in [0.3, 0.4) is 0 Å². The van der Waals surface area contributed by atoms with E-state index in [1.807, 2.05) is 24.3 Å². The van der Waals surface area contributed by atoms with Crippen molar-refractivity contribution in [3.8, 4) is 11.5 Å². The zero-order valence-corrected chi connectivity index (χ0v) is 14.6. The van der Waals surface area contributed by atoms with Gasteiger partial charge >= 0.3 is 6.01 Å². The quantitative estimate of drug-likeness (QED) is 0.635. The van der Waals surface area contributed by atoms with E-state index in [0.29, 0.717) is 5.89 Å². The molecule has 0 radical (unpaired) electrons. The highest BCUT2D eigenvalue weighted by Crippen LogP contribution is 2.22. The van der Waals surface area contributed by atoms with Gasteiger partial charge in [0.15, 0.2) is 0 Å². The lowest BCUT2D eigenvalue weighted by Crippen LogP contribution is -2.14. The maximum absolute atomic E-state index is 12.8. The summed E-state index contributed by atoms with van der Waals surface area (Å²) in [4.78, 5) is 12.7. The van der Waals surface area contributed by atoms with Gasteiger partial charge in [-0.05, 0) is 48.5 Å². The maximum Gasteiger partial charge on any atom is 0.322 e. The Morgan fingerprint density at radius 3 is 2.54 bits per heavy atom. The number of halogens is 2. The third-order valence-corrected chi connectivity index (χ3v) is 4.49. The number of aromatic nitrogens is 2. The molecule has 0 aliphatic rings. The lowest BCUT2D eigenvalue weighted by atomic mass is 10.2. The normalized spacial score (nSPS) is 10.6. The molecule has 0 aliphatic heterocycles. The highest BCUT2D eigenvalue weighted by Gasteiger charge is 2.11. The maximum atomic E-state index is 12.8. The van der Waals surface area contributed by atoms with E-state index in [4.69, 9.17) is 4.42 Å². The third-order valence-electron chi connectivity index (χ3n) is 2.95. The standard InChI is InChI=1S/C16H11BrFN3O2S/c17-11-3-1-10(2-4-11)15-20-21-16(23-15)19-14(22)9-24-13-7-5-12(18)6-8-13/h1-8H,9H2,(H,19,21,22). The van der Waals surface area contributed by atoms with Gasteiger partial charge in [0, 0.05) is 14.9 Å². The number of rotatable bonds is 5. The molecule has 0 unspecified atom stereocenters. The third kappa shape index (κ3) is 4.42. The van der Waals surface area contributed by atoms with Crippen LogP contribution in [-0.4, -0.2) is 21.9 Å². The van der Waals surface area contributed by atoms with Crippen molar-refractivity contribution in [1.82, 2.24) is 10.2 Å². The zero-order chi connectivity index (χ0) is 16.9. The highest BCUT2D eigenvalue weighted by molar-refractivity contribution is 9.10. The number of amides is 1. The van der Waals surface area contributed by atoms with Gasteiger partial charge in [-0.2, -0.15) is 0 Å². The number of carbonyl (C=O) groups excluding carboxylic acids is 1. The van der Waals surface area contributed by atoms with E-state index >= 15 is 0 Å². The molecular formula is C16H11BrFN3O2S. The summed E-state index contributed by atoms with van der Waals surface area (Å²) in [6.07, 6.45) is 0. The van der Waals surface area contributed by atoms with Crippen LogP contribution >= 0.6 is 27.7 Å². The molecule has 0 aliphatic carbocycles. The van der Waals surface area contributed by atoms with Gasteiger partial charge in [-0.1, -0.05) is 21.0 Å². The van der Waals surface area contributed by atoms with E-state index in [2.05, 4.69) is 31.4 Å². The predicted molar refractivity (Wildman–Crippen MR) is 93.2 cm³/mol. The Bertz CT molecular complexity index is 837. The van der Waals surface area contributed by atoms with E-state index in [1.165, 1.54) is 23.9 Å². The number of hydrogen-bond donors (Lipinski definition) is 1. The Hall–Kier alpha value is -2.19. The first-order valence-electron chi connectivity index (χ1n) is 6.88. The minimum Gasteiger partial charge on any atom is -0.403 e. The van der Waals surface area contributed by atoms with Crippen LogP contribution in [0.15, 0.2) is 62.3 Å². The summed E-state index contributed by atoms with van der Waals surface area (Å²) >= 11 is 4.64.